The molecule has 2 heteroatoms. The summed E-state index contributed by atoms with van der Waals surface area (Å²) >= 11 is 0. The molecule has 2 nitrogen and oxygen atoms in total. The van der Waals surface area contributed by atoms with Crippen LogP contribution in [-0.4, -0.2) is 0 Å². The highest BCUT2D eigenvalue weighted by molar-refractivity contribution is 5.48. The van der Waals surface area contributed by atoms with Gasteiger partial charge in [0.1, 0.15) is 5.92 Å². The fraction of sp³-hybridized carbons (Fsp3) is 0.167. The van der Waals surface area contributed by atoms with Crippen molar-refractivity contribution in [1.29, 1.82) is 10.5 Å². The van der Waals surface area contributed by atoms with Crippen LogP contribution in [0.25, 0.3) is 6.08 Å². The molecule has 1 aromatic carbocycles. The van der Waals surface area contributed by atoms with Crippen LogP contribution in [0.2, 0.25) is 0 Å². The molecule has 0 heterocycles. The molecule has 0 atom stereocenters. The van der Waals surface area contributed by atoms with Crippen LogP contribution in [0.4, 0.5) is 0 Å². The Morgan fingerprint density at radius 3 is 2.36 bits per heavy atom. The molecule has 0 aliphatic rings. The standard InChI is InChI=1S/C12H10N2/c13-9-12(10-14)8-4-7-11-5-2-1-3-6-11/h1-7,12H,8H2/b7-4+. The first kappa shape index (κ1) is 10.0. The number of hydrogen-bond acceptors (Lipinski definition) is 2. The van der Waals surface area contributed by atoms with Crippen molar-refractivity contribution < 1.29 is 0 Å². The molecule has 0 saturated carbocycles. The van der Waals surface area contributed by atoms with E-state index in [0.717, 1.165) is 5.56 Å². The average molecular weight is 182 g/mol. The van der Waals surface area contributed by atoms with Gasteiger partial charge >= 0.3 is 0 Å². The molecule has 0 radical (unpaired) electrons. The van der Waals surface area contributed by atoms with E-state index >= 15 is 0 Å². The third-order valence-corrected chi connectivity index (χ3v) is 1.79. The van der Waals surface area contributed by atoms with Gasteiger partial charge in [-0.05, 0) is 12.0 Å². The Morgan fingerprint density at radius 2 is 1.79 bits per heavy atom. The van der Waals surface area contributed by atoms with E-state index in [0.29, 0.717) is 6.42 Å². The highest BCUT2D eigenvalue weighted by Gasteiger charge is 2.00. The van der Waals surface area contributed by atoms with Crippen molar-refractivity contribution in [3.05, 3.63) is 42.0 Å². The molecule has 0 fully saturated rings. The predicted molar refractivity (Wildman–Crippen MR) is 54.8 cm³/mol. The van der Waals surface area contributed by atoms with Crippen molar-refractivity contribution in [3.63, 3.8) is 0 Å². The Balaban J connectivity index is 2.51. The van der Waals surface area contributed by atoms with Crippen LogP contribution in [-0.2, 0) is 0 Å². The van der Waals surface area contributed by atoms with Crippen molar-refractivity contribution in [3.8, 4) is 12.1 Å². The van der Waals surface area contributed by atoms with Gasteiger partial charge in [-0.15, -0.1) is 0 Å². The molecule has 0 spiro atoms. The van der Waals surface area contributed by atoms with E-state index in [1.165, 1.54) is 0 Å². The van der Waals surface area contributed by atoms with Gasteiger partial charge in [0, 0.05) is 0 Å². The van der Waals surface area contributed by atoms with Gasteiger partial charge in [-0.3, -0.25) is 0 Å². The van der Waals surface area contributed by atoms with E-state index in [1.54, 1.807) is 0 Å². The van der Waals surface area contributed by atoms with Gasteiger partial charge in [-0.2, -0.15) is 10.5 Å². The number of rotatable bonds is 3. The van der Waals surface area contributed by atoms with Crippen LogP contribution in [0.5, 0.6) is 0 Å². The summed E-state index contributed by atoms with van der Waals surface area (Å²) in [6, 6.07) is 13.7. The maximum atomic E-state index is 8.52. The Hall–Kier alpha value is -2.06. The minimum atomic E-state index is -0.532. The largest absolute Gasteiger partial charge is 0.197 e. The summed E-state index contributed by atoms with van der Waals surface area (Å²) in [5.74, 6) is -0.532. The molecule has 0 saturated heterocycles. The van der Waals surface area contributed by atoms with E-state index in [1.807, 2.05) is 54.6 Å². The normalized spacial score (nSPS) is 9.93. The van der Waals surface area contributed by atoms with Crippen LogP contribution >= 0.6 is 0 Å². The van der Waals surface area contributed by atoms with Crippen LogP contribution in [0.3, 0.4) is 0 Å². The van der Waals surface area contributed by atoms with Crippen LogP contribution < -0.4 is 0 Å². The quantitative estimate of drug-likeness (QED) is 0.721. The fourth-order valence-corrected chi connectivity index (χ4v) is 1.04. The van der Waals surface area contributed by atoms with Gasteiger partial charge in [0.25, 0.3) is 0 Å². The summed E-state index contributed by atoms with van der Waals surface area (Å²) in [6.45, 7) is 0. The minimum Gasteiger partial charge on any atom is -0.197 e. The zero-order valence-electron chi connectivity index (χ0n) is 7.72. The van der Waals surface area contributed by atoms with Gasteiger partial charge in [-0.1, -0.05) is 42.5 Å². The monoisotopic (exact) mass is 182 g/mol. The zero-order valence-corrected chi connectivity index (χ0v) is 7.72. The van der Waals surface area contributed by atoms with Crippen LogP contribution in [0, 0.1) is 28.6 Å². The first-order chi connectivity index (χ1) is 6.86. The third-order valence-electron chi connectivity index (χ3n) is 1.79. The van der Waals surface area contributed by atoms with Gasteiger partial charge in [0.15, 0.2) is 0 Å². The van der Waals surface area contributed by atoms with E-state index in [2.05, 4.69) is 0 Å². The number of allylic oxidation sites excluding steroid dienone is 1. The molecular weight excluding hydrogens is 172 g/mol. The van der Waals surface area contributed by atoms with Crippen molar-refractivity contribution in [1.82, 2.24) is 0 Å². The molecular formula is C12H10N2. The Labute approximate surface area is 83.7 Å². The molecule has 0 bridgehead atoms. The highest BCUT2D eigenvalue weighted by atomic mass is 14.3. The maximum Gasteiger partial charge on any atom is 0.136 e. The third kappa shape index (κ3) is 3.13. The van der Waals surface area contributed by atoms with Crippen LogP contribution in [0.1, 0.15) is 12.0 Å². The lowest BCUT2D eigenvalue weighted by Crippen LogP contribution is -1.88. The van der Waals surface area contributed by atoms with Gasteiger partial charge < -0.3 is 0 Å². The first-order valence-corrected chi connectivity index (χ1v) is 4.37. The lowest BCUT2D eigenvalue weighted by atomic mass is 10.1. The predicted octanol–water partition coefficient (Wildman–Crippen LogP) is 2.75. The molecule has 0 aliphatic carbocycles. The molecule has 1 aromatic rings. The minimum absolute atomic E-state index is 0.488. The number of nitrogens with zero attached hydrogens (tertiary/aromatic N) is 2. The summed E-state index contributed by atoms with van der Waals surface area (Å²) in [5, 5.41) is 17.0. The molecule has 14 heavy (non-hydrogen) atoms. The van der Waals surface area contributed by atoms with Gasteiger partial charge in [0.2, 0.25) is 0 Å². The Bertz CT molecular complexity index is 365. The summed E-state index contributed by atoms with van der Waals surface area (Å²) < 4.78 is 0. The van der Waals surface area contributed by atoms with Crippen molar-refractivity contribution in [2.75, 3.05) is 0 Å². The van der Waals surface area contributed by atoms with Crippen molar-refractivity contribution in [2.24, 2.45) is 5.92 Å². The van der Waals surface area contributed by atoms with E-state index < -0.39 is 5.92 Å². The highest BCUT2D eigenvalue weighted by Crippen LogP contribution is 2.05. The molecule has 0 amide bonds. The average Bonchev–Trinajstić information content (AvgIpc) is 2.26. The fourth-order valence-electron chi connectivity index (χ4n) is 1.04. The number of hydrogen-bond donors (Lipinski definition) is 0. The summed E-state index contributed by atoms with van der Waals surface area (Å²) in [4.78, 5) is 0. The first-order valence-electron chi connectivity index (χ1n) is 4.37. The molecule has 68 valence electrons. The Kier molecular flexibility index (Phi) is 3.98. The van der Waals surface area contributed by atoms with Crippen LogP contribution in [0.15, 0.2) is 36.4 Å². The second kappa shape index (κ2) is 5.56. The molecule has 0 unspecified atom stereocenters. The van der Waals surface area contributed by atoms with E-state index in [4.69, 9.17) is 10.5 Å². The lowest BCUT2D eigenvalue weighted by molar-refractivity contribution is 0.865. The van der Waals surface area contributed by atoms with Gasteiger partial charge in [-0.25, -0.2) is 0 Å². The zero-order chi connectivity index (χ0) is 10.2. The van der Waals surface area contributed by atoms with Crippen molar-refractivity contribution >= 4 is 6.08 Å². The number of benzene rings is 1. The molecule has 0 N–H and O–H groups in total. The molecule has 1 rings (SSSR count). The Morgan fingerprint density at radius 1 is 1.14 bits per heavy atom. The topological polar surface area (TPSA) is 47.6 Å². The lowest BCUT2D eigenvalue weighted by Gasteiger charge is -1.92. The number of nitriles is 2. The maximum absolute atomic E-state index is 8.52. The van der Waals surface area contributed by atoms with Gasteiger partial charge in [0.05, 0.1) is 12.1 Å². The summed E-state index contributed by atoms with van der Waals surface area (Å²) in [7, 11) is 0. The molecule has 0 aliphatic heterocycles. The SMILES string of the molecule is N#CC(C#N)C/C=C/c1ccccc1. The van der Waals surface area contributed by atoms with E-state index in [9.17, 15) is 0 Å². The summed E-state index contributed by atoms with van der Waals surface area (Å²) in [5.41, 5.74) is 1.09. The second-order valence-corrected chi connectivity index (χ2v) is 2.86. The van der Waals surface area contributed by atoms with E-state index in [-0.39, 0.29) is 0 Å². The second-order valence-electron chi connectivity index (χ2n) is 2.86. The smallest absolute Gasteiger partial charge is 0.136 e. The summed E-state index contributed by atoms with van der Waals surface area (Å²) in [6.07, 6.45) is 4.26. The van der Waals surface area contributed by atoms with Crippen molar-refractivity contribution in [2.45, 2.75) is 6.42 Å². The molecule has 0 aromatic heterocycles.